The Bertz CT molecular complexity index is 516. The van der Waals surface area contributed by atoms with Crippen LogP contribution in [-0.4, -0.2) is 0 Å². The Morgan fingerprint density at radius 2 is 1.67 bits per heavy atom. The van der Waals surface area contributed by atoms with Gasteiger partial charge in [0.15, 0.2) is 0 Å². The first-order chi connectivity index (χ1) is 14.3. The van der Waals surface area contributed by atoms with E-state index in [9.17, 15) is 0 Å². The fraction of sp³-hybridized carbons (Fsp3) is 0.933. The third-order valence-electron chi connectivity index (χ3n) is 10.2. The Kier molecular flexibility index (Phi) is 10.0. The summed E-state index contributed by atoms with van der Waals surface area (Å²) in [6.07, 6.45) is 19.6. The molecule has 0 spiro atoms. The SMILES string of the molecule is C=C1CCCCC1(CC)C1CCC(C)(C(CC)CCCCC(C)C)C(CC)C1CC. The van der Waals surface area contributed by atoms with Crippen molar-refractivity contribution in [3.8, 4) is 0 Å². The lowest BCUT2D eigenvalue weighted by Gasteiger charge is -2.59. The summed E-state index contributed by atoms with van der Waals surface area (Å²) in [5.41, 5.74) is 2.62. The van der Waals surface area contributed by atoms with Crippen LogP contribution in [0.2, 0.25) is 0 Å². The third kappa shape index (κ3) is 5.20. The average Bonchev–Trinajstić information content (AvgIpc) is 2.73. The second kappa shape index (κ2) is 11.6. The first kappa shape index (κ1) is 26.0. The minimum absolute atomic E-state index is 0.451. The van der Waals surface area contributed by atoms with Crippen LogP contribution in [0.4, 0.5) is 0 Å². The zero-order valence-corrected chi connectivity index (χ0v) is 22.0. The van der Waals surface area contributed by atoms with Crippen molar-refractivity contribution in [1.82, 2.24) is 0 Å². The molecule has 2 aliphatic rings. The van der Waals surface area contributed by atoms with Crippen molar-refractivity contribution in [2.45, 2.75) is 138 Å². The van der Waals surface area contributed by atoms with E-state index in [1.165, 1.54) is 89.9 Å². The molecule has 0 saturated heterocycles. The zero-order valence-electron chi connectivity index (χ0n) is 22.0. The normalized spacial score (nSPS) is 36.3. The van der Waals surface area contributed by atoms with Crippen LogP contribution < -0.4 is 0 Å². The van der Waals surface area contributed by atoms with Crippen molar-refractivity contribution < 1.29 is 0 Å². The molecule has 0 radical (unpaired) electrons. The highest BCUT2D eigenvalue weighted by Gasteiger charge is 2.53. The van der Waals surface area contributed by atoms with Gasteiger partial charge in [0.2, 0.25) is 0 Å². The Labute approximate surface area is 191 Å². The molecule has 0 heteroatoms. The third-order valence-corrected chi connectivity index (χ3v) is 10.2. The van der Waals surface area contributed by atoms with E-state index in [4.69, 9.17) is 0 Å². The number of hydrogen-bond acceptors (Lipinski definition) is 0. The van der Waals surface area contributed by atoms with Crippen molar-refractivity contribution >= 4 is 0 Å². The standard InChI is InChI=1S/C30H56/c1-9-25(19-14-13-17-23(5)6)29(8)22-20-28(26(10-2)27(29)11-3)30(12-4)21-16-15-18-24(30)7/h23,25-28H,7,9-22H2,1-6,8H3. The smallest absolute Gasteiger partial charge is 0.00624 e. The Morgan fingerprint density at radius 3 is 2.20 bits per heavy atom. The number of unbranched alkanes of at least 4 members (excludes halogenated alkanes) is 1. The summed E-state index contributed by atoms with van der Waals surface area (Å²) in [4.78, 5) is 0. The molecule has 0 aromatic heterocycles. The minimum Gasteiger partial charge on any atom is -0.0993 e. The lowest BCUT2D eigenvalue weighted by Crippen LogP contribution is -2.50. The van der Waals surface area contributed by atoms with Crippen LogP contribution in [0.25, 0.3) is 0 Å². The van der Waals surface area contributed by atoms with E-state index in [1.54, 1.807) is 5.57 Å². The van der Waals surface area contributed by atoms with Gasteiger partial charge in [-0.2, -0.15) is 0 Å². The minimum atomic E-state index is 0.451. The van der Waals surface area contributed by atoms with Crippen LogP contribution in [0.1, 0.15) is 138 Å². The van der Waals surface area contributed by atoms with Crippen molar-refractivity contribution in [2.75, 3.05) is 0 Å². The summed E-state index contributed by atoms with van der Waals surface area (Å²) in [5.74, 6) is 4.45. The molecule has 0 aliphatic heterocycles. The van der Waals surface area contributed by atoms with Crippen molar-refractivity contribution in [3.63, 3.8) is 0 Å². The maximum absolute atomic E-state index is 4.69. The predicted octanol–water partition coefficient (Wildman–Crippen LogP) is 10.2. The molecule has 6 unspecified atom stereocenters. The van der Waals surface area contributed by atoms with Crippen molar-refractivity contribution in [1.29, 1.82) is 0 Å². The van der Waals surface area contributed by atoms with Gasteiger partial charge < -0.3 is 0 Å². The van der Waals surface area contributed by atoms with Crippen LogP contribution >= 0.6 is 0 Å². The van der Waals surface area contributed by atoms with E-state index in [0.29, 0.717) is 10.8 Å². The van der Waals surface area contributed by atoms with Crippen LogP contribution in [0.3, 0.4) is 0 Å². The predicted molar refractivity (Wildman–Crippen MR) is 136 cm³/mol. The molecule has 0 nitrogen and oxygen atoms in total. The Balaban J connectivity index is 2.23. The van der Waals surface area contributed by atoms with Gasteiger partial charge in [0.25, 0.3) is 0 Å². The molecular formula is C30H56. The molecule has 0 amide bonds. The summed E-state index contributed by atoms with van der Waals surface area (Å²) in [5, 5.41) is 0. The highest BCUT2D eigenvalue weighted by molar-refractivity contribution is 5.17. The average molecular weight is 417 g/mol. The fourth-order valence-electron chi connectivity index (χ4n) is 8.45. The molecule has 0 N–H and O–H groups in total. The maximum atomic E-state index is 4.69. The monoisotopic (exact) mass is 416 g/mol. The number of hydrogen-bond donors (Lipinski definition) is 0. The van der Waals surface area contributed by atoms with E-state index >= 15 is 0 Å². The van der Waals surface area contributed by atoms with Gasteiger partial charge in [-0.3, -0.25) is 0 Å². The molecule has 2 saturated carbocycles. The van der Waals surface area contributed by atoms with Gasteiger partial charge in [0.1, 0.15) is 0 Å². The highest BCUT2D eigenvalue weighted by atomic mass is 14.6. The second-order valence-electron chi connectivity index (χ2n) is 11.8. The largest absolute Gasteiger partial charge is 0.0993 e. The molecule has 0 aromatic rings. The Hall–Kier alpha value is -0.260. The molecule has 0 bridgehead atoms. The lowest BCUT2D eigenvalue weighted by molar-refractivity contribution is -0.0764. The van der Waals surface area contributed by atoms with Crippen molar-refractivity contribution in [2.24, 2.45) is 40.4 Å². The summed E-state index contributed by atoms with van der Waals surface area (Å²) < 4.78 is 0. The molecule has 176 valence electrons. The fourth-order valence-corrected chi connectivity index (χ4v) is 8.45. The van der Waals surface area contributed by atoms with Gasteiger partial charge in [0, 0.05) is 0 Å². The van der Waals surface area contributed by atoms with Gasteiger partial charge in [-0.25, -0.2) is 0 Å². The van der Waals surface area contributed by atoms with Gasteiger partial charge in [-0.15, -0.1) is 0 Å². The number of allylic oxidation sites excluding steroid dienone is 1. The molecule has 6 atom stereocenters. The zero-order chi connectivity index (χ0) is 22.4. The van der Waals surface area contributed by atoms with E-state index < -0.39 is 0 Å². The van der Waals surface area contributed by atoms with Gasteiger partial charge in [-0.1, -0.05) is 106 Å². The van der Waals surface area contributed by atoms with Crippen LogP contribution in [0.5, 0.6) is 0 Å². The molecule has 2 aliphatic carbocycles. The lowest BCUT2D eigenvalue weighted by atomic mass is 9.46. The highest BCUT2D eigenvalue weighted by Crippen LogP contribution is 2.62. The first-order valence-corrected chi connectivity index (χ1v) is 14.0. The van der Waals surface area contributed by atoms with E-state index in [0.717, 1.165) is 29.6 Å². The second-order valence-corrected chi connectivity index (χ2v) is 11.8. The van der Waals surface area contributed by atoms with E-state index in [2.05, 4.69) is 55.0 Å². The molecule has 0 heterocycles. The first-order valence-electron chi connectivity index (χ1n) is 14.0. The van der Waals surface area contributed by atoms with Crippen LogP contribution in [0, 0.1) is 40.4 Å². The van der Waals surface area contributed by atoms with Gasteiger partial charge >= 0.3 is 0 Å². The molecule has 0 aromatic carbocycles. The summed E-state index contributed by atoms with van der Waals surface area (Å²) in [6, 6.07) is 0. The summed E-state index contributed by atoms with van der Waals surface area (Å²) in [6.45, 7) is 22.1. The van der Waals surface area contributed by atoms with Gasteiger partial charge in [0.05, 0.1) is 0 Å². The summed E-state index contributed by atoms with van der Waals surface area (Å²) >= 11 is 0. The molecule has 2 fully saturated rings. The topological polar surface area (TPSA) is 0 Å². The number of rotatable bonds is 11. The Morgan fingerprint density at radius 1 is 0.967 bits per heavy atom. The molecular weight excluding hydrogens is 360 g/mol. The van der Waals surface area contributed by atoms with Crippen LogP contribution in [-0.2, 0) is 0 Å². The van der Waals surface area contributed by atoms with E-state index in [1.807, 2.05) is 0 Å². The van der Waals surface area contributed by atoms with E-state index in [-0.39, 0.29) is 0 Å². The van der Waals surface area contributed by atoms with Gasteiger partial charge in [-0.05, 0) is 85.4 Å². The molecule has 30 heavy (non-hydrogen) atoms. The maximum Gasteiger partial charge on any atom is -0.00624 e. The quantitative estimate of drug-likeness (QED) is 0.232. The van der Waals surface area contributed by atoms with Crippen molar-refractivity contribution in [3.05, 3.63) is 12.2 Å². The summed E-state index contributed by atoms with van der Waals surface area (Å²) in [7, 11) is 0. The van der Waals surface area contributed by atoms with Crippen LogP contribution in [0.15, 0.2) is 12.2 Å². The molecule has 2 rings (SSSR count).